The molecule has 2 N–H and O–H groups in total. The molecule has 0 saturated carbocycles. The molecule has 0 amide bonds. The van der Waals surface area contributed by atoms with E-state index in [9.17, 15) is 0 Å². The summed E-state index contributed by atoms with van der Waals surface area (Å²) in [4.78, 5) is 4.66. The molecule has 2 atom stereocenters. The van der Waals surface area contributed by atoms with Gasteiger partial charge in [0.25, 0.3) is 0 Å². The highest BCUT2D eigenvalue weighted by atomic mass is 15.1. The van der Waals surface area contributed by atoms with Crippen LogP contribution in [-0.4, -0.2) is 15.6 Å². The lowest BCUT2D eigenvalue weighted by atomic mass is 10.0. The van der Waals surface area contributed by atoms with Gasteiger partial charge in [0.2, 0.25) is 0 Å². The Labute approximate surface area is 85.3 Å². The molecule has 14 heavy (non-hydrogen) atoms. The standard InChI is InChI=1S/C11H19N3/c1-4-10-8(3)14-7(2)9(12)5-6-11(14)13-10/h7,9H,4-6,12H2,1-3H3. The minimum absolute atomic E-state index is 0.292. The lowest BCUT2D eigenvalue weighted by Crippen LogP contribution is -2.36. The fourth-order valence-corrected chi connectivity index (χ4v) is 2.40. The van der Waals surface area contributed by atoms with Crippen LogP contribution in [0.2, 0.25) is 0 Å². The smallest absolute Gasteiger partial charge is 0.109 e. The number of nitrogens with zero attached hydrogens (tertiary/aromatic N) is 2. The predicted molar refractivity (Wildman–Crippen MR) is 57.3 cm³/mol. The normalized spacial score (nSPS) is 26.3. The van der Waals surface area contributed by atoms with Crippen molar-refractivity contribution in [3.05, 3.63) is 17.2 Å². The molecular weight excluding hydrogens is 174 g/mol. The fourth-order valence-electron chi connectivity index (χ4n) is 2.40. The van der Waals surface area contributed by atoms with Gasteiger partial charge in [-0.25, -0.2) is 4.98 Å². The van der Waals surface area contributed by atoms with Crippen LogP contribution >= 0.6 is 0 Å². The summed E-state index contributed by atoms with van der Waals surface area (Å²) >= 11 is 0. The first kappa shape index (κ1) is 9.71. The Balaban J connectivity index is 2.48. The summed E-state index contributed by atoms with van der Waals surface area (Å²) in [7, 11) is 0. The van der Waals surface area contributed by atoms with Crippen molar-refractivity contribution in [2.45, 2.75) is 52.1 Å². The van der Waals surface area contributed by atoms with Crippen LogP contribution in [0.3, 0.4) is 0 Å². The second-order valence-electron chi connectivity index (χ2n) is 4.23. The van der Waals surface area contributed by atoms with E-state index >= 15 is 0 Å². The van der Waals surface area contributed by atoms with Gasteiger partial charge in [0.05, 0.1) is 5.69 Å². The van der Waals surface area contributed by atoms with Crippen LogP contribution < -0.4 is 5.73 Å². The van der Waals surface area contributed by atoms with Gasteiger partial charge in [-0.1, -0.05) is 6.92 Å². The number of rotatable bonds is 1. The van der Waals surface area contributed by atoms with Crippen molar-refractivity contribution in [2.24, 2.45) is 5.73 Å². The van der Waals surface area contributed by atoms with Crippen LogP contribution in [0.15, 0.2) is 0 Å². The van der Waals surface area contributed by atoms with Gasteiger partial charge in [0.1, 0.15) is 5.82 Å². The molecule has 0 saturated heterocycles. The zero-order valence-corrected chi connectivity index (χ0v) is 9.25. The molecule has 78 valence electrons. The van der Waals surface area contributed by atoms with Crippen molar-refractivity contribution in [2.75, 3.05) is 0 Å². The lowest BCUT2D eigenvalue weighted by Gasteiger charge is -2.29. The second-order valence-corrected chi connectivity index (χ2v) is 4.23. The van der Waals surface area contributed by atoms with Crippen LogP contribution in [0.5, 0.6) is 0 Å². The Morgan fingerprint density at radius 2 is 2.29 bits per heavy atom. The van der Waals surface area contributed by atoms with E-state index in [1.807, 2.05) is 0 Å². The first-order valence-electron chi connectivity index (χ1n) is 5.47. The van der Waals surface area contributed by atoms with Gasteiger partial charge in [0.15, 0.2) is 0 Å². The average molecular weight is 193 g/mol. The molecule has 2 heterocycles. The van der Waals surface area contributed by atoms with Gasteiger partial charge >= 0.3 is 0 Å². The number of imidazole rings is 1. The maximum atomic E-state index is 6.06. The quantitative estimate of drug-likeness (QED) is 0.736. The van der Waals surface area contributed by atoms with Crippen LogP contribution in [0.25, 0.3) is 0 Å². The molecular formula is C11H19N3. The molecule has 0 spiro atoms. The Kier molecular flexibility index (Phi) is 2.35. The van der Waals surface area contributed by atoms with E-state index in [2.05, 4.69) is 30.3 Å². The van der Waals surface area contributed by atoms with Gasteiger partial charge in [-0.3, -0.25) is 0 Å². The van der Waals surface area contributed by atoms with E-state index in [0.29, 0.717) is 12.1 Å². The molecule has 3 heteroatoms. The summed E-state index contributed by atoms with van der Waals surface area (Å²) in [5.74, 6) is 1.23. The number of aryl methyl sites for hydroxylation is 2. The van der Waals surface area contributed by atoms with Crippen LogP contribution in [0.4, 0.5) is 0 Å². The Morgan fingerprint density at radius 1 is 1.57 bits per heavy atom. The molecule has 2 unspecified atom stereocenters. The van der Waals surface area contributed by atoms with E-state index < -0.39 is 0 Å². The van der Waals surface area contributed by atoms with E-state index in [4.69, 9.17) is 5.73 Å². The third-order valence-electron chi connectivity index (χ3n) is 3.38. The van der Waals surface area contributed by atoms with Crippen molar-refractivity contribution in [1.82, 2.24) is 9.55 Å². The number of aromatic nitrogens is 2. The topological polar surface area (TPSA) is 43.8 Å². The summed E-state index contributed by atoms with van der Waals surface area (Å²) in [6, 6.07) is 0.701. The largest absolute Gasteiger partial charge is 0.328 e. The first-order valence-corrected chi connectivity index (χ1v) is 5.47. The molecule has 0 radical (unpaired) electrons. The molecule has 0 bridgehead atoms. The first-order chi connectivity index (χ1) is 6.65. The maximum absolute atomic E-state index is 6.06. The highest BCUT2D eigenvalue weighted by Gasteiger charge is 2.26. The van der Waals surface area contributed by atoms with E-state index in [-0.39, 0.29) is 0 Å². The van der Waals surface area contributed by atoms with Gasteiger partial charge in [-0.15, -0.1) is 0 Å². The molecule has 3 nitrogen and oxygen atoms in total. The number of hydrogen-bond donors (Lipinski definition) is 1. The molecule has 1 aromatic heterocycles. The highest BCUT2D eigenvalue weighted by molar-refractivity contribution is 5.19. The third-order valence-corrected chi connectivity index (χ3v) is 3.38. The van der Waals surface area contributed by atoms with Crippen LogP contribution in [-0.2, 0) is 12.8 Å². The van der Waals surface area contributed by atoms with Crippen molar-refractivity contribution < 1.29 is 0 Å². The molecule has 2 rings (SSSR count). The second kappa shape index (κ2) is 3.39. The van der Waals surface area contributed by atoms with Crippen molar-refractivity contribution >= 4 is 0 Å². The Bertz CT molecular complexity index is 341. The number of nitrogens with two attached hydrogens (primary N) is 1. The Morgan fingerprint density at radius 3 is 2.93 bits per heavy atom. The minimum Gasteiger partial charge on any atom is -0.328 e. The summed E-state index contributed by atoms with van der Waals surface area (Å²) in [6.45, 7) is 6.51. The Hall–Kier alpha value is -0.830. The lowest BCUT2D eigenvalue weighted by molar-refractivity contribution is 0.362. The summed E-state index contributed by atoms with van der Waals surface area (Å²) < 4.78 is 2.33. The fraction of sp³-hybridized carbons (Fsp3) is 0.727. The molecule has 0 aromatic carbocycles. The van der Waals surface area contributed by atoms with Gasteiger partial charge in [0, 0.05) is 24.2 Å². The predicted octanol–water partition coefficient (Wildman–Crippen LogP) is 1.59. The number of fused-ring (bicyclic) bond motifs is 1. The van der Waals surface area contributed by atoms with Gasteiger partial charge in [-0.05, 0) is 26.7 Å². The number of hydrogen-bond acceptors (Lipinski definition) is 2. The molecule has 1 aromatic rings. The monoisotopic (exact) mass is 193 g/mol. The van der Waals surface area contributed by atoms with E-state index in [0.717, 1.165) is 19.3 Å². The highest BCUT2D eigenvalue weighted by Crippen LogP contribution is 2.26. The maximum Gasteiger partial charge on any atom is 0.109 e. The molecule has 1 aliphatic heterocycles. The molecule has 0 fully saturated rings. The molecule has 0 aliphatic carbocycles. The van der Waals surface area contributed by atoms with Gasteiger partial charge < -0.3 is 10.3 Å². The van der Waals surface area contributed by atoms with Crippen molar-refractivity contribution in [3.63, 3.8) is 0 Å². The van der Waals surface area contributed by atoms with Crippen LogP contribution in [0.1, 0.15) is 43.5 Å². The average Bonchev–Trinajstić information content (AvgIpc) is 2.50. The summed E-state index contributed by atoms with van der Waals surface area (Å²) in [6.07, 6.45) is 3.13. The zero-order chi connectivity index (χ0) is 10.3. The summed E-state index contributed by atoms with van der Waals surface area (Å²) in [5, 5.41) is 0. The zero-order valence-electron chi connectivity index (χ0n) is 9.25. The third kappa shape index (κ3) is 1.27. The van der Waals surface area contributed by atoms with Crippen molar-refractivity contribution in [1.29, 1.82) is 0 Å². The van der Waals surface area contributed by atoms with E-state index in [1.165, 1.54) is 17.2 Å². The van der Waals surface area contributed by atoms with Gasteiger partial charge in [-0.2, -0.15) is 0 Å². The van der Waals surface area contributed by atoms with E-state index in [1.54, 1.807) is 0 Å². The SMILES string of the molecule is CCc1nc2n(c1C)C(C)C(N)CC2. The van der Waals surface area contributed by atoms with Crippen molar-refractivity contribution in [3.8, 4) is 0 Å². The van der Waals surface area contributed by atoms with Crippen LogP contribution in [0, 0.1) is 6.92 Å². The molecule has 1 aliphatic rings. The minimum atomic E-state index is 0.292. The summed E-state index contributed by atoms with van der Waals surface area (Å²) in [5.41, 5.74) is 8.61.